The van der Waals surface area contributed by atoms with Crippen LogP contribution in [0.3, 0.4) is 0 Å². The van der Waals surface area contributed by atoms with Gasteiger partial charge in [-0.05, 0) is 18.6 Å². The van der Waals surface area contributed by atoms with Gasteiger partial charge in [-0.3, -0.25) is 4.79 Å². The minimum absolute atomic E-state index is 0.0858. The second kappa shape index (κ2) is 7.06. The van der Waals surface area contributed by atoms with E-state index in [0.717, 1.165) is 11.1 Å². The molecule has 3 aliphatic rings. The highest BCUT2D eigenvalue weighted by Crippen LogP contribution is 2.37. The maximum atomic E-state index is 14.5. The SMILES string of the molecule is CNc1cc(-c2cnc3n(C4CCOC[C@H]4F)cccc2-3)nc2c(C(N)=O)cnn12. The van der Waals surface area contributed by atoms with Crippen molar-refractivity contribution < 1.29 is 13.9 Å². The molecule has 10 heteroatoms. The summed E-state index contributed by atoms with van der Waals surface area (Å²) in [6.07, 6.45) is 4.45. The fourth-order valence-electron chi connectivity index (χ4n) is 3.99. The predicted molar refractivity (Wildman–Crippen MR) is 108 cm³/mol. The lowest BCUT2D eigenvalue weighted by Gasteiger charge is -2.29. The van der Waals surface area contributed by atoms with Crippen molar-refractivity contribution in [2.75, 3.05) is 25.6 Å². The van der Waals surface area contributed by atoms with Crippen LogP contribution in [0.1, 0.15) is 22.8 Å². The van der Waals surface area contributed by atoms with Gasteiger partial charge in [0.05, 0.1) is 24.5 Å². The summed E-state index contributed by atoms with van der Waals surface area (Å²) in [7, 11) is 1.76. The maximum absolute atomic E-state index is 14.5. The zero-order chi connectivity index (χ0) is 20.8. The summed E-state index contributed by atoms with van der Waals surface area (Å²) in [6.45, 7) is 0.603. The summed E-state index contributed by atoms with van der Waals surface area (Å²) < 4.78 is 23.1. The third kappa shape index (κ3) is 2.79. The van der Waals surface area contributed by atoms with Crippen LogP contribution in [0.4, 0.5) is 10.2 Å². The number of primary amides is 1. The Morgan fingerprint density at radius 3 is 3.00 bits per heavy atom. The molecule has 0 saturated carbocycles. The molecule has 30 heavy (non-hydrogen) atoms. The molecule has 1 unspecified atom stereocenters. The molecule has 0 radical (unpaired) electrons. The quantitative estimate of drug-likeness (QED) is 0.534. The molecule has 5 rings (SSSR count). The number of ether oxygens (including phenoxy) is 1. The summed E-state index contributed by atoms with van der Waals surface area (Å²) in [5.41, 5.74) is 8.29. The van der Waals surface area contributed by atoms with E-state index in [0.29, 0.717) is 36.0 Å². The first-order chi connectivity index (χ1) is 14.6. The Kier molecular flexibility index (Phi) is 4.35. The van der Waals surface area contributed by atoms with Crippen molar-refractivity contribution in [3.05, 3.63) is 42.4 Å². The molecule has 0 bridgehead atoms. The summed E-state index contributed by atoms with van der Waals surface area (Å²) in [5, 5.41) is 7.26. The average Bonchev–Trinajstić information content (AvgIpc) is 3.37. The molecule has 9 nitrogen and oxygen atoms in total. The molecule has 2 aromatic heterocycles. The Morgan fingerprint density at radius 2 is 2.23 bits per heavy atom. The van der Waals surface area contributed by atoms with Gasteiger partial charge in [-0.15, -0.1) is 0 Å². The van der Waals surface area contributed by atoms with Crippen LogP contribution in [-0.2, 0) is 4.74 Å². The van der Waals surface area contributed by atoms with Gasteiger partial charge in [0.1, 0.15) is 23.4 Å². The van der Waals surface area contributed by atoms with Crippen LogP contribution in [0, 0.1) is 0 Å². The van der Waals surface area contributed by atoms with Gasteiger partial charge in [-0.1, -0.05) is 0 Å². The Hall–Kier alpha value is -3.53. The Labute approximate surface area is 171 Å². The first-order valence-corrected chi connectivity index (χ1v) is 9.62. The number of hydrogen-bond donors (Lipinski definition) is 2. The normalized spacial score (nSPS) is 19.4. The molecule has 154 valence electrons. The molecule has 3 N–H and O–H groups in total. The second-order valence-electron chi connectivity index (χ2n) is 7.21. The van der Waals surface area contributed by atoms with E-state index in [1.807, 2.05) is 29.0 Å². The Balaban J connectivity index is 1.64. The molecule has 2 aromatic rings. The van der Waals surface area contributed by atoms with Crippen molar-refractivity contribution in [3.8, 4) is 22.6 Å². The number of rotatable bonds is 4. The highest BCUT2D eigenvalue weighted by atomic mass is 19.1. The minimum atomic E-state index is -1.09. The average molecular weight is 409 g/mol. The number of amides is 1. The lowest BCUT2D eigenvalue weighted by molar-refractivity contribution is 0.00346. The van der Waals surface area contributed by atoms with Gasteiger partial charge in [-0.25, -0.2) is 14.4 Å². The fraction of sp³-hybridized carbons (Fsp3) is 0.300. The lowest BCUT2D eigenvalue weighted by atomic mass is 10.0. The maximum Gasteiger partial charge on any atom is 0.254 e. The van der Waals surface area contributed by atoms with Crippen LogP contribution in [0.5, 0.6) is 0 Å². The number of nitrogens with zero attached hydrogens (tertiary/aromatic N) is 5. The van der Waals surface area contributed by atoms with E-state index in [9.17, 15) is 9.18 Å². The van der Waals surface area contributed by atoms with E-state index in [1.165, 1.54) is 10.7 Å². The van der Waals surface area contributed by atoms with Crippen molar-refractivity contribution in [1.82, 2.24) is 24.1 Å². The largest absolute Gasteiger partial charge is 0.378 e. The van der Waals surface area contributed by atoms with E-state index >= 15 is 0 Å². The molecule has 0 aliphatic carbocycles. The number of aromatic nitrogens is 5. The third-order valence-electron chi connectivity index (χ3n) is 5.48. The lowest BCUT2D eigenvalue weighted by Crippen LogP contribution is -2.32. The zero-order valence-corrected chi connectivity index (χ0v) is 16.2. The fourth-order valence-corrected chi connectivity index (χ4v) is 3.99. The number of anilines is 1. The predicted octanol–water partition coefficient (Wildman–Crippen LogP) is 2.14. The van der Waals surface area contributed by atoms with E-state index in [-0.39, 0.29) is 18.2 Å². The van der Waals surface area contributed by atoms with Crippen LogP contribution in [-0.4, -0.2) is 56.5 Å². The molecule has 1 fully saturated rings. The molecule has 2 atom stereocenters. The zero-order valence-electron chi connectivity index (χ0n) is 16.2. The van der Waals surface area contributed by atoms with Crippen LogP contribution < -0.4 is 11.1 Å². The molecular formula is C20H20FN7O2. The van der Waals surface area contributed by atoms with Crippen molar-refractivity contribution in [1.29, 1.82) is 0 Å². The minimum Gasteiger partial charge on any atom is -0.378 e. The molecule has 0 aromatic carbocycles. The van der Waals surface area contributed by atoms with Crippen LogP contribution in [0.15, 0.2) is 36.8 Å². The highest BCUT2D eigenvalue weighted by molar-refractivity contribution is 5.99. The first kappa shape index (κ1) is 18.5. The van der Waals surface area contributed by atoms with Crippen molar-refractivity contribution in [2.45, 2.75) is 18.6 Å². The summed E-state index contributed by atoms with van der Waals surface area (Å²) >= 11 is 0. The molecule has 1 saturated heterocycles. The number of alkyl halides is 1. The smallest absolute Gasteiger partial charge is 0.254 e. The van der Waals surface area contributed by atoms with E-state index in [2.05, 4.69) is 20.4 Å². The second-order valence-corrected chi connectivity index (χ2v) is 7.21. The number of nitrogens with two attached hydrogens (primary N) is 1. The summed E-state index contributed by atoms with van der Waals surface area (Å²) in [5.74, 6) is 0.723. The van der Waals surface area contributed by atoms with Gasteiger partial charge < -0.3 is 20.4 Å². The molecule has 3 aliphatic heterocycles. The van der Waals surface area contributed by atoms with Gasteiger partial charge >= 0.3 is 0 Å². The van der Waals surface area contributed by atoms with Crippen molar-refractivity contribution >= 4 is 17.4 Å². The topological polar surface area (TPSA) is 112 Å². The van der Waals surface area contributed by atoms with Gasteiger partial charge in [0.15, 0.2) is 5.65 Å². The molecule has 5 heterocycles. The van der Waals surface area contributed by atoms with Crippen LogP contribution in [0.25, 0.3) is 28.3 Å². The van der Waals surface area contributed by atoms with E-state index in [1.54, 1.807) is 13.2 Å². The first-order valence-electron chi connectivity index (χ1n) is 9.62. The molecule has 0 spiro atoms. The Bertz CT molecular complexity index is 1220. The number of fused-ring (bicyclic) bond motifs is 2. The van der Waals surface area contributed by atoms with Crippen molar-refractivity contribution in [3.63, 3.8) is 0 Å². The van der Waals surface area contributed by atoms with Gasteiger partial charge in [0.25, 0.3) is 5.91 Å². The van der Waals surface area contributed by atoms with Gasteiger partial charge in [0, 0.05) is 43.2 Å². The number of nitrogens with one attached hydrogen (secondary N) is 1. The number of carbonyl (C=O) groups is 1. The number of halogens is 1. The van der Waals surface area contributed by atoms with Crippen LogP contribution >= 0.6 is 0 Å². The summed E-state index contributed by atoms with van der Waals surface area (Å²) in [6, 6.07) is 5.30. The van der Waals surface area contributed by atoms with E-state index < -0.39 is 12.1 Å². The van der Waals surface area contributed by atoms with Crippen LogP contribution in [0.2, 0.25) is 0 Å². The molecule has 1 amide bonds. The third-order valence-corrected chi connectivity index (χ3v) is 5.48. The standard InChI is InChI=1S/C20H20FN7O2/c1-23-17-7-15(26-20-13(18(22)29)9-25-28(17)20)12-8-24-19-11(12)3-2-5-27(19)16-4-6-30-10-14(16)21/h2-3,5,7-9,14,16,23H,4,6,10H2,1H3,(H2,22,29)/t14-,16?/m1/s1. The number of pyridine rings is 1. The van der Waals surface area contributed by atoms with Gasteiger partial charge in [0.2, 0.25) is 0 Å². The molecular weight excluding hydrogens is 389 g/mol. The summed E-state index contributed by atoms with van der Waals surface area (Å²) in [4.78, 5) is 21.0. The number of hydrogen-bond acceptors (Lipinski definition) is 6. The monoisotopic (exact) mass is 409 g/mol. The number of carbonyl (C=O) groups excluding carboxylic acids is 1. The van der Waals surface area contributed by atoms with Gasteiger partial charge in [-0.2, -0.15) is 9.61 Å². The highest BCUT2D eigenvalue weighted by Gasteiger charge is 2.30. The van der Waals surface area contributed by atoms with Crippen molar-refractivity contribution in [2.24, 2.45) is 5.73 Å². The Morgan fingerprint density at radius 1 is 1.37 bits per heavy atom. The van der Waals surface area contributed by atoms with E-state index in [4.69, 9.17) is 10.5 Å².